The summed E-state index contributed by atoms with van der Waals surface area (Å²) < 4.78 is 0. The predicted octanol–water partition coefficient (Wildman–Crippen LogP) is 5.05. The number of allylic oxidation sites excluding steroid dienone is 2. The molecule has 0 unspecified atom stereocenters. The number of fused-ring (bicyclic) bond motifs is 1. The monoisotopic (exact) mass is 405 g/mol. The van der Waals surface area contributed by atoms with Crippen LogP contribution in [0.2, 0.25) is 0 Å². The van der Waals surface area contributed by atoms with Crippen LogP contribution >= 0.6 is 0 Å². The summed E-state index contributed by atoms with van der Waals surface area (Å²) in [7, 11) is 1.85. The van der Waals surface area contributed by atoms with Crippen LogP contribution in [-0.4, -0.2) is 42.8 Å². The van der Waals surface area contributed by atoms with Gasteiger partial charge in [0.1, 0.15) is 5.82 Å². The number of hydrogen-bond donors (Lipinski definition) is 3. The third-order valence-corrected chi connectivity index (χ3v) is 5.92. The second-order valence-electron chi connectivity index (χ2n) is 8.69. The Bertz CT molecular complexity index is 936. The Hall–Kier alpha value is -2.66. The number of likely N-dealkylation sites (tertiary alicyclic amines) is 1. The first-order valence-electron chi connectivity index (χ1n) is 10.9. The van der Waals surface area contributed by atoms with E-state index in [1.165, 1.54) is 12.8 Å². The highest BCUT2D eigenvalue weighted by Crippen LogP contribution is 2.30. The number of aromatic nitrogens is 1. The van der Waals surface area contributed by atoms with Gasteiger partial charge in [-0.3, -0.25) is 0 Å². The molecule has 160 valence electrons. The Morgan fingerprint density at radius 2 is 2.07 bits per heavy atom. The van der Waals surface area contributed by atoms with E-state index < -0.39 is 0 Å². The zero-order chi connectivity index (χ0) is 21.7. The average molecular weight is 406 g/mol. The molecule has 3 N–H and O–H groups in total. The van der Waals surface area contributed by atoms with Gasteiger partial charge in [-0.25, -0.2) is 4.98 Å². The molecule has 0 amide bonds. The third kappa shape index (κ3) is 5.08. The van der Waals surface area contributed by atoms with E-state index in [0.717, 1.165) is 64.9 Å². The Labute approximate surface area is 180 Å². The maximum atomic E-state index is 7.69. The normalized spacial score (nSPS) is 16.1. The van der Waals surface area contributed by atoms with Gasteiger partial charge in [0, 0.05) is 54.8 Å². The summed E-state index contributed by atoms with van der Waals surface area (Å²) in [6, 6.07) is 6.24. The van der Waals surface area contributed by atoms with Crippen molar-refractivity contribution in [2.45, 2.75) is 33.6 Å². The molecule has 1 fully saturated rings. The number of piperidine rings is 1. The quantitative estimate of drug-likeness (QED) is 0.538. The summed E-state index contributed by atoms with van der Waals surface area (Å²) >= 11 is 0. The summed E-state index contributed by atoms with van der Waals surface area (Å²) in [6.45, 7) is 14.5. The maximum absolute atomic E-state index is 7.69. The van der Waals surface area contributed by atoms with Crippen molar-refractivity contribution >= 4 is 28.4 Å². The van der Waals surface area contributed by atoms with Crippen molar-refractivity contribution in [2.75, 3.05) is 32.0 Å². The molecule has 2 aromatic rings. The summed E-state index contributed by atoms with van der Waals surface area (Å²) in [5.41, 5.74) is 4.05. The highest BCUT2D eigenvalue weighted by atomic mass is 15.1. The lowest BCUT2D eigenvalue weighted by Crippen LogP contribution is -2.37. The zero-order valence-electron chi connectivity index (χ0n) is 18.8. The molecular formula is C25H35N5. The third-order valence-electron chi connectivity index (χ3n) is 5.92. The SMILES string of the molecule is C=C(Nc1ncc2ccc(/C(C=N)=C/NC)cc2c1C)C1CCN(CC(C)C)CC1. The highest BCUT2D eigenvalue weighted by Gasteiger charge is 2.22. The van der Waals surface area contributed by atoms with Crippen molar-refractivity contribution < 1.29 is 0 Å². The molecule has 0 bridgehead atoms. The molecule has 3 rings (SSSR count). The Kier molecular flexibility index (Phi) is 7.27. The number of nitrogens with one attached hydrogen (secondary N) is 3. The Morgan fingerprint density at radius 1 is 1.33 bits per heavy atom. The van der Waals surface area contributed by atoms with Crippen molar-refractivity contribution in [3.05, 3.63) is 54.0 Å². The molecule has 1 aromatic carbocycles. The first kappa shape index (κ1) is 22.0. The predicted molar refractivity (Wildman–Crippen MR) is 129 cm³/mol. The molecule has 0 radical (unpaired) electrons. The van der Waals surface area contributed by atoms with Gasteiger partial charge in [-0.05, 0) is 61.4 Å². The highest BCUT2D eigenvalue weighted by molar-refractivity contribution is 6.09. The van der Waals surface area contributed by atoms with Crippen LogP contribution in [0.4, 0.5) is 5.82 Å². The first-order chi connectivity index (χ1) is 14.4. The van der Waals surface area contributed by atoms with Crippen LogP contribution in [-0.2, 0) is 0 Å². The van der Waals surface area contributed by atoms with E-state index >= 15 is 0 Å². The average Bonchev–Trinajstić information content (AvgIpc) is 2.74. The zero-order valence-corrected chi connectivity index (χ0v) is 18.8. The minimum atomic E-state index is 0.486. The number of anilines is 1. The summed E-state index contributed by atoms with van der Waals surface area (Å²) in [5.74, 6) is 2.08. The fourth-order valence-corrected chi connectivity index (χ4v) is 4.26. The molecule has 0 spiro atoms. The van der Waals surface area contributed by atoms with Crippen LogP contribution in [0.1, 0.15) is 37.8 Å². The van der Waals surface area contributed by atoms with Crippen molar-refractivity contribution in [1.82, 2.24) is 15.2 Å². The number of aryl methyl sites for hydroxylation is 1. The van der Waals surface area contributed by atoms with Crippen LogP contribution < -0.4 is 10.6 Å². The maximum Gasteiger partial charge on any atom is 0.133 e. The molecule has 0 atom stereocenters. The minimum absolute atomic E-state index is 0.486. The summed E-state index contributed by atoms with van der Waals surface area (Å²) in [5, 5.41) is 16.5. The molecule has 5 nitrogen and oxygen atoms in total. The smallest absolute Gasteiger partial charge is 0.133 e. The number of hydrogen-bond acceptors (Lipinski definition) is 5. The van der Waals surface area contributed by atoms with E-state index in [-0.39, 0.29) is 0 Å². The molecule has 5 heteroatoms. The van der Waals surface area contributed by atoms with Crippen molar-refractivity contribution in [1.29, 1.82) is 5.41 Å². The van der Waals surface area contributed by atoms with E-state index in [4.69, 9.17) is 5.41 Å². The molecule has 1 aliphatic heterocycles. The van der Waals surface area contributed by atoms with Gasteiger partial charge in [-0.1, -0.05) is 32.6 Å². The Balaban J connectivity index is 1.76. The molecule has 1 saturated heterocycles. The van der Waals surface area contributed by atoms with Gasteiger partial charge in [0.15, 0.2) is 0 Å². The van der Waals surface area contributed by atoms with Crippen molar-refractivity contribution in [2.24, 2.45) is 11.8 Å². The number of rotatable bonds is 8. The van der Waals surface area contributed by atoms with Crippen LogP contribution in [0, 0.1) is 24.2 Å². The van der Waals surface area contributed by atoms with Gasteiger partial charge in [-0.2, -0.15) is 0 Å². The van der Waals surface area contributed by atoms with Gasteiger partial charge in [-0.15, -0.1) is 0 Å². The van der Waals surface area contributed by atoms with Gasteiger partial charge >= 0.3 is 0 Å². The van der Waals surface area contributed by atoms with Gasteiger partial charge in [0.2, 0.25) is 0 Å². The van der Waals surface area contributed by atoms with Crippen molar-refractivity contribution in [3.63, 3.8) is 0 Å². The van der Waals surface area contributed by atoms with Crippen LogP contribution in [0.3, 0.4) is 0 Å². The molecule has 30 heavy (non-hydrogen) atoms. The first-order valence-corrected chi connectivity index (χ1v) is 10.9. The summed E-state index contributed by atoms with van der Waals surface area (Å²) in [6.07, 6.45) is 7.43. The molecular weight excluding hydrogens is 370 g/mol. The van der Waals surface area contributed by atoms with Gasteiger partial charge in [0.25, 0.3) is 0 Å². The lowest BCUT2D eigenvalue weighted by atomic mass is 9.93. The second kappa shape index (κ2) is 9.90. The topological polar surface area (TPSA) is 64.0 Å². The van der Waals surface area contributed by atoms with E-state index in [1.54, 1.807) is 0 Å². The van der Waals surface area contributed by atoms with Crippen molar-refractivity contribution in [3.8, 4) is 0 Å². The van der Waals surface area contributed by atoms with E-state index in [9.17, 15) is 0 Å². The van der Waals surface area contributed by atoms with E-state index in [1.807, 2.05) is 25.5 Å². The largest absolute Gasteiger partial charge is 0.393 e. The lowest BCUT2D eigenvalue weighted by molar-refractivity contribution is 0.181. The van der Waals surface area contributed by atoms with Gasteiger partial charge in [0.05, 0.1) is 0 Å². The second-order valence-corrected chi connectivity index (χ2v) is 8.69. The number of benzene rings is 1. The fraction of sp³-hybridized carbons (Fsp3) is 0.440. The van der Waals surface area contributed by atoms with Crippen LogP contribution in [0.5, 0.6) is 0 Å². The molecule has 1 aromatic heterocycles. The summed E-state index contributed by atoms with van der Waals surface area (Å²) in [4.78, 5) is 7.24. The van der Waals surface area contributed by atoms with E-state index in [2.05, 4.69) is 60.0 Å². The number of nitrogens with zero attached hydrogens (tertiary/aromatic N) is 2. The number of pyridine rings is 1. The molecule has 1 aliphatic rings. The standard InChI is InChI=1S/C25H35N5/c1-17(2)16-30-10-8-20(9-11-30)19(4)29-25-18(3)24-12-21(23(13-26)14-27-5)6-7-22(24)15-28-25/h6-7,12-15,17,20,26-27H,4,8-11,16H2,1-3,5H3,(H,28,29)/b23-14+,26-13?. The minimum Gasteiger partial charge on any atom is -0.393 e. The van der Waals surface area contributed by atoms with Gasteiger partial charge < -0.3 is 20.9 Å². The lowest BCUT2D eigenvalue weighted by Gasteiger charge is -2.34. The molecule has 0 aliphatic carbocycles. The Morgan fingerprint density at radius 3 is 2.70 bits per heavy atom. The van der Waals surface area contributed by atoms with E-state index in [0.29, 0.717) is 11.8 Å². The molecule has 0 saturated carbocycles. The fourth-order valence-electron chi connectivity index (χ4n) is 4.26. The van der Waals surface area contributed by atoms with Crippen LogP contribution in [0.25, 0.3) is 16.3 Å². The van der Waals surface area contributed by atoms with Crippen LogP contribution in [0.15, 0.2) is 42.9 Å². The molecule has 2 heterocycles.